The molecule has 0 spiro atoms. The predicted octanol–water partition coefficient (Wildman–Crippen LogP) is -9.47. The molecule has 1 fully saturated rings. The minimum absolute atomic E-state index is 0. The summed E-state index contributed by atoms with van der Waals surface area (Å²) in [4.78, 5) is 54.1. The first-order valence-electron chi connectivity index (χ1n) is 7.21. The second-order valence-corrected chi connectivity index (χ2v) is 9.77. The van der Waals surface area contributed by atoms with Crippen molar-refractivity contribution >= 4 is 29.3 Å². The van der Waals surface area contributed by atoms with Crippen LogP contribution in [0, 0.1) is 0 Å². The van der Waals surface area contributed by atoms with Crippen molar-refractivity contribution in [3.8, 4) is 0 Å². The zero-order valence-electron chi connectivity index (χ0n) is 15.9. The van der Waals surface area contributed by atoms with Crippen LogP contribution in [0.1, 0.15) is 6.23 Å². The maximum Gasteiger partial charge on any atom is 1.00 e. The van der Waals surface area contributed by atoms with Crippen molar-refractivity contribution in [3.63, 3.8) is 0 Å². The second-order valence-electron chi connectivity index (χ2n) is 5.43. The normalized spacial score (nSPS) is 27.4. The number of nitrogens with two attached hydrogens (primary N) is 1. The van der Waals surface area contributed by atoms with E-state index >= 15 is 0 Å². The van der Waals surface area contributed by atoms with Crippen LogP contribution in [0.4, 0.5) is 5.82 Å². The molecular weight excluding hydrogens is 513 g/mol. The third-order valence-corrected chi connectivity index (χ3v) is 7.03. The van der Waals surface area contributed by atoms with E-state index in [0.717, 1.165) is 10.8 Å². The number of phosphoric acid groups is 3. The Morgan fingerprint density at radius 3 is 2.23 bits per heavy atom. The van der Waals surface area contributed by atoms with Gasteiger partial charge in [0.2, 0.25) is 0 Å². The van der Waals surface area contributed by atoms with Crippen LogP contribution < -0.4 is 80.3 Å². The SMILES string of the molecule is Nc1ccn([C@@H]2O[C@H](COP(=O)(O)OP(=O)(O)OP(=O)([O-])[O-])C(O)C2O)c(=O)n1.[Na+].[Na+]. The molecular formula is C9H14N3Na2O14P3. The molecule has 1 aliphatic heterocycles. The molecule has 4 unspecified atom stereocenters. The Bertz CT molecular complexity index is 956. The maximum atomic E-state index is 11.8. The Kier molecular flexibility index (Phi) is 12.5. The smallest absolute Gasteiger partial charge is 0.789 e. The van der Waals surface area contributed by atoms with E-state index in [2.05, 4.69) is 18.1 Å². The van der Waals surface area contributed by atoms with Gasteiger partial charge in [-0.05, 0) is 6.07 Å². The van der Waals surface area contributed by atoms with Crippen LogP contribution in [-0.4, -0.2) is 54.5 Å². The molecule has 0 aliphatic carbocycles. The van der Waals surface area contributed by atoms with Gasteiger partial charge in [0, 0.05) is 6.20 Å². The number of hydrogen-bond acceptors (Lipinski definition) is 14. The molecule has 0 radical (unpaired) electrons. The predicted molar refractivity (Wildman–Crippen MR) is 84.2 cm³/mol. The van der Waals surface area contributed by atoms with Crippen molar-refractivity contribution in [2.24, 2.45) is 0 Å². The van der Waals surface area contributed by atoms with Crippen molar-refractivity contribution < 1.29 is 120 Å². The number of aromatic nitrogens is 2. The van der Waals surface area contributed by atoms with Gasteiger partial charge in [-0.2, -0.15) is 9.29 Å². The van der Waals surface area contributed by atoms with Gasteiger partial charge < -0.3 is 44.8 Å². The number of hydrogen-bond donors (Lipinski definition) is 5. The number of nitrogen functional groups attached to an aromatic ring is 1. The summed E-state index contributed by atoms with van der Waals surface area (Å²) in [6.07, 6.45) is -5.47. The summed E-state index contributed by atoms with van der Waals surface area (Å²) < 4.78 is 50.0. The minimum atomic E-state index is -6.05. The molecule has 6 N–H and O–H groups in total. The molecule has 0 aromatic carbocycles. The number of aliphatic hydroxyl groups excluding tert-OH is 2. The van der Waals surface area contributed by atoms with Crippen LogP contribution >= 0.6 is 23.5 Å². The first-order valence-corrected chi connectivity index (χ1v) is 11.7. The molecule has 1 aromatic heterocycles. The van der Waals surface area contributed by atoms with Crippen molar-refractivity contribution in [1.82, 2.24) is 9.55 Å². The van der Waals surface area contributed by atoms with Crippen molar-refractivity contribution in [1.29, 1.82) is 0 Å². The summed E-state index contributed by atoms with van der Waals surface area (Å²) in [5.74, 6) is -0.131. The maximum absolute atomic E-state index is 11.8. The van der Waals surface area contributed by atoms with Crippen molar-refractivity contribution in [2.45, 2.75) is 24.5 Å². The molecule has 0 bridgehead atoms. The summed E-state index contributed by atoms with van der Waals surface area (Å²) in [6.45, 7) is -1.05. The second kappa shape index (κ2) is 12.1. The van der Waals surface area contributed by atoms with Crippen LogP contribution in [0.15, 0.2) is 17.1 Å². The van der Waals surface area contributed by atoms with Crippen molar-refractivity contribution in [2.75, 3.05) is 12.3 Å². The average molecular weight is 527 g/mol. The first kappa shape index (κ1) is 32.0. The molecule has 1 saturated heterocycles. The van der Waals surface area contributed by atoms with Gasteiger partial charge in [0.25, 0.3) is 0 Å². The summed E-state index contributed by atoms with van der Waals surface area (Å²) in [5.41, 5.74) is 4.37. The number of aliphatic hydroxyl groups is 2. The van der Waals surface area contributed by atoms with Gasteiger partial charge in [0.15, 0.2) is 6.23 Å². The molecule has 2 heterocycles. The number of ether oxygens (including phenoxy) is 1. The van der Waals surface area contributed by atoms with Crippen LogP contribution in [0.25, 0.3) is 0 Å². The summed E-state index contributed by atoms with van der Waals surface area (Å²) in [5, 5.41) is 19.9. The van der Waals surface area contributed by atoms with E-state index < -0.39 is 60.3 Å². The van der Waals surface area contributed by atoms with Gasteiger partial charge in [-0.25, -0.2) is 13.9 Å². The molecule has 31 heavy (non-hydrogen) atoms. The van der Waals surface area contributed by atoms with E-state index in [-0.39, 0.29) is 64.9 Å². The van der Waals surface area contributed by atoms with Gasteiger partial charge in [-0.15, -0.1) is 0 Å². The van der Waals surface area contributed by atoms with E-state index in [9.17, 15) is 43.4 Å². The van der Waals surface area contributed by atoms with Gasteiger partial charge in [0.05, 0.1) is 14.4 Å². The standard InChI is InChI=1S/C9H16N3O14P3.2Na/c10-5-1-2-12(9(15)11-5)8-7(14)6(13)4(24-8)3-23-28(19,20)26-29(21,22)25-27(16,17)18;;/h1-2,4,6-8,13-14H,3H2,(H,19,20)(H,21,22)(H2,10,11,15)(H2,16,17,18);;/q;2*+1/p-2/t4-,6?,7?,8-;;/m1../s1. The molecule has 2 rings (SSSR count). The first-order chi connectivity index (χ1) is 13.1. The molecule has 6 atom stereocenters. The zero-order valence-corrected chi connectivity index (χ0v) is 22.5. The molecule has 1 aromatic rings. The third kappa shape index (κ3) is 9.62. The van der Waals surface area contributed by atoms with Crippen LogP contribution in [-0.2, 0) is 31.6 Å². The minimum Gasteiger partial charge on any atom is -0.789 e. The fourth-order valence-electron chi connectivity index (χ4n) is 2.18. The summed E-state index contributed by atoms with van der Waals surface area (Å²) in [7, 11) is -17.4. The largest absolute Gasteiger partial charge is 1.00 e. The monoisotopic (exact) mass is 527 g/mol. The Morgan fingerprint density at radius 2 is 1.71 bits per heavy atom. The molecule has 0 saturated carbocycles. The van der Waals surface area contributed by atoms with Crippen molar-refractivity contribution in [3.05, 3.63) is 22.7 Å². The van der Waals surface area contributed by atoms with E-state index in [0.29, 0.717) is 0 Å². The van der Waals surface area contributed by atoms with E-state index in [1.54, 1.807) is 0 Å². The Morgan fingerprint density at radius 1 is 1.13 bits per heavy atom. The topological polar surface area (TPSA) is 276 Å². The molecule has 166 valence electrons. The van der Waals surface area contributed by atoms with Gasteiger partial charge >= 0.3 is 80.4 Å². The Hall–Kier alpha value is 0.970. The molecule has 22 heteroatoms. The quantitative estimate of drug-likeness (QED) is 0.155. The Labute approximate surface area is 217 Å². The van der Waals surface area contributed by atoms with Crippen LogP contribution in [0.3, 0.4) is 0 Å². The average Bonchev–Trinajstić information content (AvgIpc) is 2.78. The number of anilines is 1. The van der Waals surface area contributed by atoms with E-state index in [4.69, 9.17) is 15.4 Å². The molecule has 1 aliphatic rings. The Balaban J connectivity index is 0.00000450. The van der Waals surface area contributed by atoms with Crippen LogP contribution in [0.2, 0.25) is 0 Å². The third-order valence-electron chi connectivity index (χ3n) is 3.27. The fraction of sp³-hybridized carbons (Fsp3) is 0.556. The number of nitrogens with zero attached hydrogens (tertiary/aromatic N) is 2. The summed E-state index contributed by atoms with van der Waals surface area (Å²) in [6, 6.07) is 1.19. The molecule has 0 amide bonds. The number of rotatable bonds is 8. The zero-order chi connectivity index (χ0) is 22.2. The summed E-state index contributed by atoms with van der Waals surface area (Å²) >= 11 is 0. The van der Waals surface area contributed by atoms with Gasteiger partial charge in [-0.1, -0.05) is 0 Å². The van der Waals surface area contributed by atoms with Crippen LogP contribution in [0.5, 0.6) is 0 Å². The molecule has 17 nitrogen and oxygen atoms in total. The van der Waals surface area contributed by atoms with E-state index in [1.165, 1.54) is 6.07 Å². The fourth-order valence-corrected chi connectivity index (χ4v) is 5.14. The number of phosphoric ester groups is 1. The van der Waals surface area contributed by atoms with E-state index in [1.807, 2.05) is 0 Å². The van der Waals surface area contributed by atoms with Gasteiger partial charge in [-0.3, -0.25) is 13.4 Å². The van der Waals surface area contributed by atoms with Gasteiger partial charge in [0.1, 0.15) is 24.1 Å².